The zero-order valence-corrected chi connectivity index (χ0v) is 26.3. The van der Waals surface area contributed by atoms with Crippen molar-refractivity contribution in [3.63, 3.8) is 0 Å². The predicted molar refractivity (Wildman–Crippen MR) is 173 cm³/mol. The first kappa shape index (κ1) is 30.3. The number of para-hydroxylation sites is 1. The van der Waals surface area contributed by atoms with Crippen LogP contribution < -0.4 is 20.7 Å². The average Bonchev–Trinajstić information content (AvgIpc) is 3.79. The lowest BCUT2D eigenvalue weighted by Gasteiger charge is -2.39. The highest BCUT2D eigenvalue weighted by Crippen LogP contribution is 2.39. The third-order valence-electron chi connectivity index (χ3n) is 8.70. The number of methoxy groups -OCH3 is 1. The summed E-state index contributed by atoms with van der Waals surface area (Å²) in [6.07, 6.45) is 6.58. The quantitative estimate of drug-likeness (QED) is 0.223. The third-order valence-corrected chi connectivity index (χ3v) is 8.70. The number of nitrogens with one attached hydrogen (secondary N) is 3. The van der Waals surface area contributed by atoms with E-state index in [4.69, 9.17) is 4.74 Å². The van der Waals surface area contributed by atoms with Gasteiger partial charge in [-0.25, -0.2) is 4.98 Å². The lowest BCUT2D eigenvalue weighted by atomic mass is 10.1. The molecule has 0 unspecified atom stereocenters. The minimum absolute atomic E-state index is 0.00445. The average molecular weight is 637 g/mol. The second kappa shape index (κ2) is 12.8. The number of likely N-dealkylation sites (tertiary alicyclic amines) is 2. The molecule has 1 aromatic carbocycles. The van der Waals surface area contributed by atoms with E-state index in [9.17, 15) is 14.4 Å². The Hall–Kier alpha value is -5.37. The molecule has 14 heteroatoms. The maximum Gasteiger partial charge on any atom is 0.273 e. The summed E-state index contributed by atoms with van der Waals surface area (Å²) < 4.78 is 7.83. The van der Waals surface area contributed by atoms with Gasteiger partial charge in [-0.15, -0.1) is 10.2 Å². The fourth-order valence-corrected chi connectivity index (χ4v) is 5.75. The van der Waals surface area contributed by atoms with Crippen LogP contribution >= 0.6 is 0 Å². The molecule has 4 aromatic rings. The standard InChI is InChI=1S/C33H36N10O4/c1-34-32(45)29-27(14-28(39-40-29)38-31(44)20-10-11-20)37-25-8-4-7-24(30(25)47-2)21-15-35-43(16-21)23-18-41(19-23)17-22-6-3-9-26(36-22)33(46)42-12-5-13-42/h3-4,6-9,14-16,20,23H,5,10-13,17-19H2,1-2H3,(H,34,45)(H2,37,38,39,44). The Morgan fingerprint density at radius 2 is 1.83 bits per heavy atom. The number of carbonyl (C=O) groups is 3. The highest BCUT2D eigenvalue weighted by Gasteiger charge is 2.31. The van der Waals surface area contributed by atoms with Crippen molar-refractivity contribution in [1.82, 2.24) is 40.1 Å². The molecule has 0 spiro atoms. The Labute approximate surface area is 271 Å². The van der Waals surface area contributed by atoms with Crippen molar-refractivity contribution in [1.29, 1.82) is 0 Å². The third kappa shape index (κ3) is 6.36. The molecule has 3 aliphatic rings. The second-order valence-electron chi connectivity index (χ2n) is 12.1. The largest absolute Gasteiger partial charge is 0.494 e. The molecule has 3 amide bonds. The number of ether oxygens (including phenoxy) is 1. The van der Waals surface area contributed by atoms with Crippen molar-refractivity contribution in [2.24, 2.45) is 5.92 Å². The number of pyridine rings is 1. The Balaban J connectivity index is 1.04. The van der Waals surface area contributed by atoms with Gasteiger partial charge in [-0.2, -0.15) is 5.10 Å². The summed E-state index contributed by atoms with van der Waals surface area (Å²) >= 11 is 0. The van der Waals surface area contributed by atoms with Crippen molar-refractivity contribution in [3.05, 3.63) is 71.9 Å². The molecule has 2 aliphatic heterocycles. The van der Waals surface area contributed by atoms with Crippen LogP contribution in [0.15, 0.2) is 54.9 Å². The summed E-state index contributed by atoms with van der Waals surface area (Å²) in [5.74, 6) is 0.285. The SMILES string of the molecule is CNC(=O)c1nnc(NC(=O)C2CC2)cc1Nc1cccc(-c2cnn(C3CN(Cc4cccc(C(=O)N5CCC5)n4)C3)c2)c1OC. The Morgan fingerprint density at radius 1 is 1.02 bits per heavy atom. The van der Waals surface area contributed by atoms with Gasteiger partial charge in [0.1, 0.15) is 11.4 Å². The molecule has 0 bridgehead atoms. The van der Waals surface area contributed by atoms with E-state index < -0.39 is 5.91 Å². The van der Waals surface area contributed by atoms with Crippen molar-refractivity contribution in [2.75, 3.05) is 51.0 Å². The molecule has 3 N–H and O–H groups in total. The summed E-state index contributed by atoms with van der Waals surface area (Å²) in [5, 5.41) is 21.4. The van der Waals surface area contributed by atoms with Crippen molar-refractivity contribution >= 4 is 34.9 Å². The zero-order chi connectivity index (χ0) is 32.5. The van der Waals surface area contributed by atoms with Gasteiger partial charge in [0.2, 0.25) is 5.91 Å². The number of rotatable bonds is 11. The molecule has 7 rings (SSSR count). The highest BCUT2D eigenvalue weighted by atomic mass is 16.5. The van der Waals surface area contributed by atoms with E-state index >= 15 is 0 Å². The zero-order valence-electron chi connectivity index (χ0n) is 26.3. The van der Waals surface area contributed by atoms with Gasteiger partial charge in [-0.3, -0.25) is 24.0 Å². The first-order valence-electron chi connectivity index (χ1n) is 15.8. The molecule has 2 saturated heterocycles. The Kier molecular flexibility index (Phi) is 8.24. The molecule has 0 atom stereocenters. The van der Waals surface area contributed by atoms with Crippen LogP contribution in [0.4, 0.5) is 17.2 Å². The summed E-state index contributed by atoms with van der Waals surface area (Å²) in [6.45, 7) is 3.90. The maximum atomic E-state index is 12.6. The first-order valence-corrected chi connectivity index (χ1v) is 15.8. The van der Waals surface area contributed by atoms with Crippen molar-refractivity contribution < 1.29 is 19.1 Å². The predicted octanol–water partition coefficient (Wildman–Crippen LogP) is 3.10. The molecule has 1 aliphatic carbocycles. The maximum absolute atomic E-state index is 12.6. The fourth-order valence-electron chi connectivity index (χ4n) is 5.75. The molecule has 14 nitrogen and oxygen atoms in total. The van der Waals surface area contributed by atoms with Crippen molar-refractivity contribution in [2.45, 2.75) is 31.8 Å². The van der Waals surface area contributed by atoms with Crippen LogP contribution in [-0.2, 0) is 11.3 Å². The summed E-state index contributed by atoms with van der Waals surface area (Å²) in [4.78, 5) is 46.3. The van der Waals surface area contributed by atoms with Crippen LogP contribution in [0.3, 0.4) is 0 Å². The molecule has 1 saturated carbocycles. The van der Waals surface area contributed by atoms with E-state index in [2.05, 4.69) is 41.1 Å². The van der Waals surface area contributed by atoms with E-state index in [1.807, 2.05) is 52.3 Å². The minimum atomic E-state index is -0.422. The van der Waals surface area contributed by atoms with Crippen LogP contribution in [0.1, 0.15) is 52.0 Å². The minimum Gasteiger partial charge on any atom is -0.494 e. The van der Waals surface area contributed by atoms with E-state index in [-0.39, 0.29) is 35.3 Å². The number of nitrogens with zero attached hydrogens (tertiary/aromatic N) is 7. The van der Waals surface area contributed by atoms with E-state index in [0.717, 1.165) is 62.3 Å². The van der Waals surface area contributed by atoms with Gasteiger partial charge in [-0.1, -0.05) is 18.2 Å². The second-order valence-corrected chi connectivity index (χ2v) is 12.1. The Bertz CT molecular complexity index is 1830. The molecular formula is C33H36N10O4. The molecule has 0 radical (unpaired) electrons. The summed E-state index contributed by atoms with van der Waals surface area (Å²) in [7, 11) is 3.10. The number of benzene rings is 1. The molecule has 47 heavy (non-hydrogen) atoms. The number of amides is 3. The van der Waals surface area contributed by atoms with Crippen LogP contribution in [0.25, 0.3) is 11.1 Å². The van der Waals surface area contributed by atoms with Crippen molar-refractivity contribution in [3.8, 4) is 16.9 Å². The van der Waals surface area contributed by atoms with Crippen LogP contribution in [0, 0.1) is 5.92 Å². The molecule has 3 aromatic heterocycles. The van der Waals surface area contributed by atoms with E-state index in [1.54, 1.807) is 19.2 Å². The van der Waals surface area contributed by atoms with Crippen LogP contribution in [0.2, 0.25) is 0 Å². The van der Waals surface area contributed by atoms with Gasteiger partial charge >= 0.3 is 0 Å². The van der Waals surface area contributed by atoms with Gasteiger partial charge < -0.3 is 25.6 Å². The number of aromatic nitrogens is 5. The van der Waals surface area contributed by atoms with Crippen LogP contribution in [0.5, 0.6) is 5.75 Å². The van der Waals surface area contributed by atoms with Gasteiger partial charge in [-0.05, 0) is 37.5 Å². The molecule has 3 fully saturated rings. The van der Waals surface area contributed by atoms with E-state index in [1.165, 1.54) is 7.05 Å². The van der Waals surface area contributed by atoms with Gasteiger partial charge in [0, 0.05) is 69.1 Å². The summed E-state index contributed by atoms with van der Waals surface area (Å²) in [5.41, 5.74) is 4.14. The first-order chi connectivity index (χ1) is 22.9. The van der Waals surface area contributed by atoms with Gasteiger partial charge in [0.05, 0.1) is 36.4 Å². The van der Waals surface area contributed by atoms with Crippen LogP contribution in [-0.4, -0.2) is 92.8 Å². The normalized spacial score (nSPS) is 16.2. The lowest BCUT2D eigenvalue weighted by Crippen LogP contribution is -2.47. The molecular weight excluding hydrogens is 600 g/mol. The lowest BCUT2D eigenvalue weighted by molar-refractivity contribution is -0.117. The van der Waals surface area contributed by atoms with Gasteiger partial charge in [0.15, 0.2) is 11.5 Å². The highest BCUT2D eigenvalue weighted by molar-refractivity contribution is 6.00. The Morgan fingerprint density at radius 3 is 2.55 bits per heavy atom. The summed E-state index contributed by atoms with van der Waals surface area (Å²) in [6, 6.07) is 13.1. The molecule has 5 heterocycles. The fraction of sp³-hybridized carbons (Fsp3) is 0.364. The number of hydrogen-bond acceptors (Lipinski definition) is 10. The number of hydrogen-bond donors (Lipinski definition) is 3. The monoisotopic (exact) mass is 636 g/mol. The topological polar surface area (TPSA) is 159 Å². The van der Waals surface area contributed by atoms with E-state index in [0.29, 0.717) is 29.4 Å². The van der Waals surface area contributed by atoms with Gasteiger partial charge in [0.25, 0.3) is 11.8 Å². The smallest absolute Gasteiger partial charge is 0.273 e. The number of carbonyl (C=O) groups excluding carboxylic acids is 3. The molecule has 242 valence electrons. The number of anilines is 3.